The quantitative estimate of drug-likeness (QED) is 0.447. The molecular formula is C11H9N3O2. The minimum Gasteiger partial charge on any atom is -0.358 e. The highest BCUT2D eigenvalue weighted by atomic mass is 16.6. The lowest BCUT2D eigenvalue weighted by Gasteiger charge is -2.00. The molecule has 2 aromatic rings. The molecule has 0 fully saturated rings. The maximum absolute atomic E-state index is 10.8. The molecule has 1 aromatic heterocycles. The second-order valence-electron chi connectivity index (χ2n) is 3.23. The Morgan fingerprint density at radius 3 is 2.50 bits per heavy atom. The van der Waals surface area contributed by atoms with Crippen molar-refractivity contribution >= 4 is 16.9 Å². The van der Waals surface area contributed by atoms with Gasteiger partial charge in [0, 0.05) is 6.42 Å². The third kappa shape index (κ3) is 1.75. The maximum atomic E-state index is 10.8. The summed E-state index contributed by atoms with van der Waals surface area (Å²) in [6, 6.07) is 7.07. The number of nitrogens with zero attached hydrogens (tertiary/aromatic N) is 3. The molecule has 0 unspecified atom stereocenters. The molecule has 0 amide bonds. The lowest BCUT2D eigenvalue weighted by molar-refractivity contribution is -0.390. The predicted octanol–water partition coefficient (Wildman–Crippen LogP) is 2.27. The standard InChI is InChI=1S/C11H9N3O2/c1-2-5-10-11(14(15)16)13-9-7-4-3-6-8(9)12-10/h2-4,6-7H,1,5H2. The van der Waals surface area contributed by atoms with Crippen molar-refractivity contribution in [3.8, 4) is 0 Å². The number of aromatic nitrogens is 2. The van der Waals surface area contributed by atoms with E-state index < -0.39 is 4.92 Å². The minimum atomic E-state index is -0.516. The third-order valence-electron chi connectivity index (χ3n) is 2.13. The van der Waals surface area contributed by atoms with Crippen LogP contribution < -0.4 is 0 Å². The first-order chi connectivity index (χ1) is 7.72. The van der Waals surface area contributed by atoms with Gasteiger partial charge in [0.1, 0.15) is 11.2 Å². The van der Waals surface area contributed by atoms with Gasteiger partial charge in [0.2, 0.25) is 5.52 Å². The maximum Gasteiger partial charge on any atom is 0.386 e. The molecule has 0 aliphatic carbocycles. The van der Waals surface area contributed by atoms with Crippen molar-refractivity contribution in [2.75, 3.05) is 0 Å². The fourth-order valence-electron chi connectivity index (χ4n) is 1.45. The summed E-state index contributed by atoms with van der Waals surface area (Å²) in [5.41, 5.74) is 1.53. The van der Waals surface area contributed by atoms with Crippen LogP contribution in [0.2, 0.25) is 0 Å². The molecule has 0 atom stereocenters. The molecule has 2 rings (SSSR count). The average molecular weight is 215 g/mol. The molecule has 16 heavy (non-hydrogen) atoms. The highest BCUT2D eigenvalue weighted by Gasteiger charge is 2.17. The van der Waals surface area contributed by atoms with Crippen molar-refractivity contribution in [2.45, 2.75) is 6.42 Å². The Morgan fingerprint density at radius 2 is 1.94 bits per heavy atom. The van der Waals surface area contributed by atoms with Crippen LogP contribution in [-0.4, -0.2) is 14.9 Å². The molecule has 0 radical (unpaired) electrons. The Kier molecular flexibility index (Phi) is 2.59. The summed E-state index contributed by atoms with van der Waals surface area (Å²) in [6.07, 6.45) is 1.92. The summed E-state index contributed by atoms with van der Waals surface area (Å²) in [5, 5.41) is 10.8. The number of hydrogen-bond acceptors (Lipinski definition) is 4. The molecule has 0 saturated heterocycles. The first kappa shape index (κ1) is 10.2. The first-order valence-electron chi connectivity index (χ1n) is 4.73. The lowest BCUT2D eigenvalue weighted by Crippen LogP contribution is -2.01. The van der Waals surface area contributed by atoms with E-state index in [1.807, 2.05) is 6.07 Å². The number of para-hydroxylation sites is 2. The topological polar surface area (TPSA) is 68.9 Å². The van der Waals surface area contributed by atoms with Crippen molar-refractivity contribution in [3.63, 3.8) is 0 Å². The van der Waals surface area contributed by atoms with Crippen LogP contribution in [0.4, 0.5) is 5.82 Å². The Hall–Kier alpha value is -2.30. The lowest BCUT2D eigenvalue weighted by atomic mass is 10.2. The molecule has 0 saturated carbocycles. The number of allylic oxidation sites excluding steroid dienone is 1. The number of hydrogen-bond donors (Lipinski definition) is 0. The van der Waals surface area contributed by atoms with E-state index in [4.69, 9.17) is 0 Å². The SMILES string of the molecule is C=CCc1nc2ccccc2nc1[N+](=O)[O-]. The second-order valence-corrected chi connectivity index (χ2v) is 3.23. The van der Waals surface area contributed by atoms with Crippen LogP contribution in [0.5, 0.6) is 0 Å². The van der Waals surface area contributed by atoms with Crippen LogP contribution in [0, 0.1) is 10.1 Å². The number of benzene rings is 1. The fraction of sp³-hybridized carbons (Fsp3) is 0.0909. The average Bonchev–Trinajstić information content (AvgIpc) is 2.28. The van der Waals surface area contributed by atoms with Gasteiger partial charge in [-0.3, -0.25) is 0 Å². The van der Waals surface area contributed by atoms with E-state index in [0.717, 1.165) is 0 Å². The zero-order valence-corrected chi connectivity index (χ0v) is 8.46. The highest BCUT2D eigenvalue weighted by Crippen LogP contribution is 2.19. The van der Waals surface area contributed by atoms with Gasteiger partial charge in [-0.15, -0.1) is 6.58 Å². The van der Waals surface area contributed by atoms with Crippen LogP contribution in [-0.2, 0) is 6.42 Å². The molecule has 0 bridgehead atoms. The van der Waals surface area contributed by atoms with E-state index in [1.54, 1.807) is 24.3 Å². The molecule has 80 valence electrons. The molecule has 0 aliphatic heterocycles. The summed E-state index contributed by atoms with van der Waals surface area (Å²) in [7, 11) is 0. The Morgan fingerprint density at radius 1 is 1.31 bits per heavy atom. The van der Waals surface area contributed by atoms with Gasteiger partial charge in [-0.05, 0) is 22.0 Å². The second kappa shape index (κ2) is 4.06. The van der Waals surface area contributed by atoms with E-state index >= 15 is 0 Å². The smallest absolute Gasteiger partial charge is 0.358 e. The Balaban J connectivity index is 2.70. The summed E-state index contributed by atoms with van der Waals surface area (Å²) in [4.78, 5) is 18.5. The summed E-state index contributed by atoms with van der Waals surface area (Å²) >= 11 is 0. The molecular weight excluding hydrogens is 206 g/mol. The van der Waals surface area contributed by atoms with Gasteiger partial charge in [0.05, 0.1) is 0 Å². The van der Waals surface area contributed by atoms with Crippen molar-refractivity contribution in [1.82, 2.24) is 9.97 Å². The summed E-state index contributed by atoms with van der Waals surface area (Å²) in [5.74, 6) is -0.196. The van der Waals surface area contributed by atoms with E-state index in [9.17, 15) is 10.1 Å². The molecule has 5 nitrogen and oxygen atoms in total. The van der Waals surface area contributed by atoms with Gasteiger partial charge >= 0.3 is 5.82 Å². The fourth-order valence-corrected chi connectivity index (χ4v) is 1.45. The van der Waals surface area contributed by atoms with Crippen LogP contribution in [0.15, 0.2) is 36.9 Å². The largest absolute Gasteiger partial charge is 0.386 e. The summed E-state index contributed by atoms with van der Waals surface area (Å²) in [6.45, 7) is 3.55. The summed E-state index contributed by atoms with van der Waals surface area (Å²) < 4.78 is 0. The Labute approximate surface area is 91.6 Å². The predicted molar refractivity (Wildman–Crippen MR) is 60.1 cm³/mol. The van der Waals surface area contributed by atoms with Gasteiger partial charge in [-0.2, -0.15) is 0 Å². The van der Waals surface area contributed by atoms with Gasteiger partial charge in [-0.25, -0.2) is 4.98 Å². The van der Waals surface area contributed by atoms with E-state index in [0.29, 0.717) is 23.1 Å². The third-order valence-corrected chi connectivity index (χ3v) is 2.13. The first-order valence-corrected chi connectivity index (χ1v) is 4.73. The molecule has 0 aliphatic rings. The van der Waals surface area contributed by atoms with Crippen LogP contribution in [0.25, 0.3) is 11.0 Å². The van der Waals surface area contributed by atoms with E-state index in [-0.39, 0.29) is 5.82 Å². The number of fused-ring (bicyclic) bond motifs is 1. The Bertz CT molecular complexity index is 566. The van der Waals surface area contributed by atoms with Crippen LogP contribution in [0.1, 0.15) is 5.69 Å². The highest BCUT2D eigenvalue weighted by molar-refractivity contribution is 5.75. The van der Waals surface area contributed by atoms with Gasteiger partial charge < -0.3 is 10.1 Å². The van der Waals surface area contributed by atoms with Crippen LogP contribution in [0.3, 0.4) is 0 Å². The van der Waals surface area contributed by atoms with E-state index in [1.165, 1.54) is 0 Å². The zero-order chi connectivity index (χ0) is 11.5. The van der Waals surface area contributed by atoms with E-state index in [2.05, 4.69) is 16.5 Å². The molecule has 1 aromatic carbocycles. The van der Waals surface area contributed by atoms with Crippen molar-refractivity contribution in [1.29, 1.82) is 0 Å². The normalized spacial score (nSPS) is 10.2. The van der Waals surface area contributed by atoms with Gasteiger partial charge in [0.25, 0.3) is 0 Å². The van der Waals surface area contributed by atoms with Crippen LogP contribution >= 0.6 is 0 Å². The monoisotopic (exact) mass is 215 g/mol. The van der Waals surface area contributed by atoms with Crippen molar-refractivity contribution in [2.24, 2.45) is 0 Å². The van der Waals surface area contributed by atoms with Gasteiger partial charge in [-0.1, -0.05) is 18.2 Å². The van der Waals surface area contributed by atoms with Crippen molar-refractivity contribution in [3.05, 3.63) is 52.7 Å². The zero-order valence-electron chi connectivity index (χ0n) is 8.46. The van der Waals surface area contributed by atoms with Gasteiger partial charge in [0.15, 0.2) is 0 Å². The minimum absolute atomic E-state index is 0.196. The number of nitro groups is 1. The molecule has 0 N–H and O–H groups in total. The molecule has 5 heteroatoms. The number of rotatable bonds is 3. The molecule has 1 heterocycles. The molecule has 0 spiro atoms. The van der Waals surface area contributed by atoms with Crippen molar-refractivity contribution < 1.29 is 4.92 Å².